The van der Waals surface area contributed by atoms with Gasteiger partial charge in [0.15, 0.2) is 0 Å². The quantitative estimate of drug-likeness (QED) is 0.150. The molecule has 1 aliphatic rings. The summed E-state index contributed by atoms with van der Waals surface area (Å²) in [5.41, 5.74) is 9.09. The lowest BCUT2D eigenvalue weighted by molar-refractivity contribution is -0.111. The highest BCUT2D eigenvalue weighted by Gasteiger charge is 2.33. The summed E-state index contributed by atoms with van der Waals surface area (Å²) in [7, 11) is 0. The first-order chi connectivity index (χ1) is 20.7. The fourth-order valence-electron chi connectivity index (χ4n) is 5.46. The summed E-state index contributed by atoms with van der Waals surface area (Å²) < 4.78 is 0. The topological polar surface area (TPSA) is 54.4 Å². The van der Waals surface area contributed by atoms with Gasteiger partial charge in [-0.3, -0.25) is 14.8 Å². The van der Waals surface area contributed by atoms with Crippen molar-refractivity contribution in [2.24, 2.45) is 10.4 Å². The van der Waals surface area contributed by atoms with Crippen LogP contribution in [0.15, 0.2) is 143 Å². The van der Waals surface area contributed by atoms with Crippen molar-refractivity contribution in [2.45, 2.75) is 59.9 Å². The van der Waals surface area contributed by atoms with Crippen LogP contribution in [0.5, 0.6) is 0 Å². The summed E-state index contributed by atoms with van der Waals surface area (Å²) in [6, 6.07) is 24.0. The van der Waals surface area contributed by atoms with E-state index >= 15 is 0 Å². The zero-order valence-corrected chi connectivity index (χ0v) is 26.0. The number of benzene rings is 2. The number of carbonyl (C=O) groups is 1. The Morgan fingerprint density at radius 2 is 1.72 bits per heavy atom. The van der Waals surface area contributed by atoms with Crippen molar-refractivity contribution in [2.75, 3.05) is 5.32 Å². The van der Waals surface area contributed by atoms with E-state index in [4.69, 9.17) is 4.98 Å². The Hall–Kier alpha value is -4.57. The molecule has 4 rings (SSSR count). The second-order valence-electron chi connectivity index (χ2n) is 11.9. The van der Waals surface area contributed by atoms with E-state index in [1.807, 2.05) is 80.0 Å². The molecular weight excluding hydrogens is 526 g/mol. The van der Waals surface area contributed by atoms with Gasteiger partial charge >= 0.3 is 0 Å². The Morgan fingerprint density at radius 3 is 2.47 bits per heavy atom. The van der Waals surface area contributed by atoms with Crippen molar-refractivity contribution in [3.05, 3.63) is 155 Å². The SMILES string of the molecule is CC1=C(/C=C/C(C)=C/C=C/C(C)=C\C(=O)Nc2ccccc2)C(C)(C)CCC1c1cc(C/N=C\c2ccccc2)ccn1. The monoisotopic (exact) mass is 569 g/mol. The third kappa shape index (κ3) is 9.47. The number of rotatable bonds is 10. The summed E-state index contributed by atoms with van der Waals surface area (Å²) in [5.74, 6) is 0.162. The molecule has 1 amide bonds. The van der Waals surface area contributed by atoms with Crippen LogP contribution in [0.4, 0.5) is 5.69 Å². The second kappa shape index (κ2) is 15.1. The average Bonchev–Trinajstić information content (AvgIpc) is 2.98. The Balaban J connectivity index is 1.43. The van der Waals surface area contributed by atoms with Crippen LogP contribution in [0.2, 0.25) is 0 Å². The number of nitrogens with zero attached hydrogens (tertiary/aromatic N) is 2. The van der Waals surface area contributed by atoms with Crippen molar-refractivity contribution >= 4 is 17.8 Å². The first kappa shape index (κ1) is 31.4. The molecule has 0 radical (unpaired) electrons. The van der Waals surface area contributed by atoms with Crippen molar-refractivity contribution < 1.29 is 4.79 Å². The fraction of sp³-hybridized carbons (Fsp3) is 0.256. The maximum Gasteiger partial charge on any atom is 0.248 e. The standard InChI is InChI=1S/C39H43N3O/c1-29(13-12-14-30(2)25-38(43)42-34-17-10-7-11-18-34)19-20-36-31(3)35(21-23-39(36,4)5)37-26-33(22-24-41-37)28-40-27-32-15-8-6-9-16-32/h6-20,22,24-27,35H,21,23,28H2,1-5H3,(H,42,43)/b14-12+,20-19+,29-13+,30-25-,40-27-. The van der Waals surface area contributed by atoms with Gasteiger partial charge in [0.1, 0.15) is 0 Å². The zero-order chi connectivity index (χ0) is 30.7. The summed E-state index contributed by atoms with van der Waals surface area (Å²) in [4.78, 5) is 21.7. The van der Waals surface area contributed by atoms with Crippen molar-refractivity contribution in [1.82, 2.24) is 4.98 Å². The van der Waals surface area contributed by atoms with E-state index < -0.39 is 0 Å². The van der Waals surface area contributed by atoms with Crippen molar-refractivity contribution in [1.29, 1.82) is 0 Å². The second-order valence-corrected chi connectivity index (χ2v) is 11.9. The van der Waals surface area contributed by atoms with Gasteiger partial charge in [-0.25, -0.2) is 0 Å². The highest BCUT2D eigenvalue weighted by Crippen LogP contribution is 2.46. The van der Waals surface area contributed by atoms with Gasteiger partial charge in [-0.1, -0.05) is 104 Å². The highest BCUT2D eigenvalue weighted by molar-refractivity contribution is 5.99. The molecule has 4 nitrogen and oxygen atoms in total. The molecule has 2 aromatic carbocycles. The van der Waals surface area contributed by atoms with Gasteiger partial charge in [0.25, 0.3) is 0 Å². The molecule has 1 atom stereocenters. The number of aromatic nitrogens is 1. The molecule has 0 bridgehead atoms. The summed E-state index contributed by atoms with van der Waals surface area (Å²) in [6.07, 6.45) is 18.2. The minimum absolute atomic E-state index is 0.0935. The van der Waals surface area contributed by atoms with Gasteiger partial charge in [0, 0.05) is 35.8 Å². The molecule has 4 heteroatoms. The smallest absolute Gasteiger partial charge is 0.248 e. The number of para-hydroxylation sites is 1. The number of anilines is 1. The summed E-state index contributed by atoms with van der Waals surface area (Å²) in [6.45, 7) is 11.6. The molecule has 43 heavy (non-hydrogen) atoms. The van der Waals surface area contributed by atoms with Gasteiger partial charge in [0.05, 0.1) is 6.54 Å². The van der Waals surface area contributed by atoms with E-state index in [0.29, 0.717) is 12.5 Å². The normalized spacial score (nSPS) is 17.7. The zero-order valence-electron chi connectivity index (χ0n) is 26.0. The van der Waals surface area contributed by atoms with Crippen molar-refractivity contribution in [3.8, 4) is 0 Å². The first-order valence-corrected chi connectivity index (χ1v) is 15.0. The highest BCUT2D eigenvalue weighted by atomic mass is 16.1. The Bertz CT molecular complexity index is 1570. The number of carbonyl (C=O) groups excluding carboxylic acids is 1. The average molecular weight is 570 g/mol. The van der Waals surface area contributed by atoms with E-state index in [1.165, 1.54) is 16.7 Å². The third-order valence-corrected chi connectivity index (χ3v) is 7.88. The molecule has 0 fully saturated rings. The largest absolute Gasteiger partial charge is 0.323 e. The molecule has 0 aliphatic heterocycles. The van der Waals surface area contributed by atoms with E-state index in [0.717, 1.165) is 40.9 Å². The number of aliphatic imine (C=N–C) groups is 1. The Kier molecular flexibility index (Phi) is 11.0. The first-order valence-electron chi connectivity index (χ1n) is 15.0. The van der Waals surface area contributed by atoms with E-state index in [-0.39, 0.29) is 11.3 Å². The Labute approximate surface area is 257 Å². The molecule has 0 saturated carbocycles. The van der Waals surface area contributed by atoms with Crippen LogP contribution in [0.3, 0.4) is 0 Å². The van der Waals surface area contributed by atoms with Crippen LogP contribution in [-0.2, 0) is 11.3 Å². The summed E-state index contributed by atoms with van der Waals surface area (Å²) in [5, 5.41) is 2.88. The maximum absolute atomic E-state index is 12.3. The van der Waals surface area contributed by atoms with Crippen LogP contribution in [0.1, 0.15) is 70.2 Å². The lowest BCUT2D eigenvalue weighted by Crippen LogP contribution is -2.24. The predicted molar refractivity (Wildman–Crippen MR) is 181 cm³/mol. The number of allylic oxidation sites excluding steroid dienone is 9. The van der Waals surface area contributed by atoms with E-state index in [1.54, 1.807) is 6.08 Å². The summed E-state index contributed by atoms with van der Waals surface area (Å²) >= 11 is 0. The van der Waals surface area contributed by atoms with Gasteiger partial charge in [0.2, 0.25) is 5.91 Å². The maximum atomic E-state index is 12.3. The van der Waals surface area contributed by atoms with Gasteiger partial charge < -0.3 is 5.32 Å². The van der Waals surface area contributed by atoms with Crippen LogP contribution >= 0.6 is 0 Å². The molecule has 0 saturated heterocycles. The van der Waals surface area contributed by atoms with Gasteiger partial charge in [-0.2, -0.15) is 0 Å². The lowest BCUT2D eigenvalue weighted by atomic mass is 9.68. The minimum Gasteiger partial charge on any atom is -0.323 e. The molecular formula is C39H43N3O. The van der Waals surface area contributed by atoms with Crippen LogP contribution in [0.25, 0.3) is 0 Å². The van der Waals surface area contributed by atoms with Gasteiger partial charge in [-0.05, 0) is 85.6 Å². The van der Waals surface area contributed by atoms with Crippen LogP contribution in [0, 0.1) is 5.41 Å². The fourth-order valence-corrected chi connectivity index (χ4v) is 5.46. The van der Waals surface area contributed by atoms with Crippen LogP contribution < -0.4 is 5.32 Å². The Morgan fingerprint density at radius 1 is 1.00 bits per heavy atom. The number of pyridine rings is 1. The molecule has 3 aromatic rings. The van der Waals surface area contributed by atoms with E-state index in [9.17, 15) is 4.79 Å². The molecule has 0 spiro atoms. The molecule has 1 aromatic heterocycles. The molecule has 1 heterocycles. The third-order valence-electron chi connectivity index (χ3n) is 7.88. The number of amides is 1. The van der Waals surface area contributed by atoms with Crippen LogP contribution in [-0.4, -0.2) is 17.1 Å². The molecule has 1 aliphatic carbocycles. The molecule has 220 valence electrons. The number of hydrogen-bond donors (Lipinski definition) is 1. The number of hydrogen-bond acceptors (Lipinski definition) is 3. The molecule has 1 N–H and O–H groups in total. The molecule has 1 unspecified atom stereocenters. The van der Waals surface area contributed by atoms with E-state index in [2.05, 4.69) is 80.5 Å². The predicted octanol–water partition coefficient (Wildman–Crippen LogP) is 9.56. The number of nitrogens with one attached hydrogen (secondary N) is 1. The van der Waals surface area contributed by atoms with Gasteiger partial charge in [-0.15, -0.1) is 0 Å². The van der Waals surface area contributed by atoms with Crippen molar-refractivity contribution in [3.63, 3.8) is 0 Å². The minimum atomic E-state index is -0.134. The lowest BCUT2D eigenvalue weighted by Gasteiger charge is -2.37.